The molecule has 2 amide bonds. The summed E-state index contributed by atoms with van der Waals surface area (Å²) in [7, 11) is -3.64. The van der Waals surface area contributed by atoms with Gasteiger partial charge in [0.05, 0.1) is 41.6 Å². The Morgan fingerprint density at radius 1 is 1.32 bits per heavy atom. The lowest BCUT2D eigenvalue weighted by Crippen LogP contribution is -2.41. The molecule has 0 aromatic heterocycles. The van der Waals surface area contributed by atoms with Crippen molar-refractivity contribution in [3.05, 3.63) is 77.5 Å². The topological polar surface area (TPSA) is 144 Å². The number of allylic oxidation sites excluding steroid dienone is 1. The van der Waals surface area contributed by atoms with Crippen molar-refractivity contribution in [1.29, 1.82) is 5.26 Å². The van der Waals surface area contributed by atoms with Crippen LogP contribution in [0.2, 0.25) is 5.02 Å². The van der Waals surface area contributed by atoms with E-state index in [0.29, 0.717) is 53.8 Å². The van der Waals surface area contributed by atoms with Gasteiger partial charge in [0.15, 0.2) is 0 Å². The second-order valence-corrected chi connectivity index (χ2v) is 12.8. The second kappa shape index (κ2) is 16.1. The number of amidine groups is 1. The number of likely N-dealkylation sites (tertiary alicyclic amines) is 1. The monoisotopic (exact) mass is 644 g/mol. The zero-order valence-electron chi connectivity index (χ0n) is 25.9. The van der Waals surface area contributed by atoms with Gasteiger partial charge < -0.3 is 19.9 Å². The van der Waals surface area contributed by atoms with E-state index in [1.54, 1.807) is 17.9 Å². The van der Waals surface area contributed by atoms with Crippen molar-refractivity contribution < 1.29 is 22.7 Å². The molecule has 0 spiro atoms. The Bertz CT molecular complexity index is 1500. The minimum Gasteiger partial charge on any atom is -0.445 e. The van der Waals surface area contributed by atoms with Crippen LogP contribution in [0.5, 0.6) is 0 Å². The average molecular weight is 645 g/mol. The van der Waals surface area contributed by atoms with Crippen molar-refractivity contribution in [2.75, 3.05) is 37.2 Å². The summed E-state index contributed by atoms with van der Waals surface area (Å²) in [4.78, 5) is 34.1. The van der Waals surface area contributed by atoms with E-state index in [0.717, 1.165) is 6.26 Å². The lowest BCUT2D eigenvalue weighted by Gasteiger charge is -2.30. The van der Waals surface area contributed by atoms with Crippen molar-refractivity contribution in [3.8, 4) is 6.07 Å². The molecule has 1 aliphatic heterocycles. The molecule has 0 bridgehead atoms. The number of carbonyl (C=O) groups is 2. The van der Waals surface area contributed by atoms with E-state index >= 15 is 0 Å². The molecule has 13 heteroatoms. The van der Waals surface area contributed by atoms with Crippen LogP contribution in [0, 0.1) is 17.2 Å². The van der Waals surface area contributed by atoms with Gasteiger partial charge in [0.2, 0.25) is 10.0 Å². The molecular weight excluding hydrogens is 604 g/mol. The summed E-state index contributed by atoms with van der Waals surface area (Å²) < 4.78 is 31.3. The Hall–Kier alpha value is -4.08. The Morgan fingerprint density at radius 2 is 2.00 bits per heavy atom. The van der Waals surface area contributed by atoms with Gasteiger partial charge in [0.1, 0.15) is 12.4 Å². The molecule has 0 saturated carbocycles. The van der Waals surface area contributed by atoms with Crippen LogP contribution in [0.15, 0.2) is 71.9 Å². The van der Waals surface area contributed by atoms with Crippen LogP contribution in [0.25, 0.3) is 0 Å². The minimum atomic E-state index is -3.64. The van der Waals surface area contributed by atoms with Gasteiger partial charge in [-0.1, -0.05) is 44.3 Å². The minimum absolute atomic E-state index is 0.00878. The van der Waals surface area contributed by atoms with Crippen molar-refractivity contribution in [2.24, 2.45) is 10.9 Å². The van der Waals surface area contributed by atoms with E-state index < -0.39 is 40.0 Å². The first-order chi connectivity index (χ1) is 20.6. The largest absolute Gasteiger partial charge is 0.445 e. The molecular formula is C31H41ClN6O5S. The molecule has 1 heterocycles. The maximum Gasteiger partial charge on any atom is 0.407 e. The van der Waals surface area contributed by atoms with E-state index in [9.17, 15) is 23.3 Å². The molecule has 2 N–H and O–H groups in total. The van der Waals surface area contributed by atoms with Crippen LogP contribution in [0.1, 0.15) is 44.5 Å². The third-order valence-electron chi connectivity index (χ3n) is 6.89. The summed E-state index contributed by atoms with van der Waals surface area (Å²) in [5.74, 6) is -0.212. The highest BCUT2D eigenvalue weighted by Crippen LogP contribution is 2.26. The lowest BCUT2D eigenvalue weighted by atomic mass is 10.0. The maximum absolute atomic E-state index is 13.7. The van der Waals surface area contributed by atoms with Gasteiger partial charge >= 0.3 is 6.09 Å². The summed E-state index contributed by atoms with van der Waals surface area (Å²) in [6.45, 7) is 20.0. The number of sulfonamides is 1. The smallest absolute Gasteiger partial charge is 0.407 e. The summed E-state index contributed by atoms with van der Waals surface area (Å²) >= 11 is 6.17. The van der Waals surface area contributed by atoms with E-state index in [1.165, 1.54) is 24.3 Å². The number of hydrogen-bond donors (Lipinski definition) is 2. The van der Waals surface area contributed by atoms with Crippen molar-refractivity contribution in [2.45, 2.75) is 46.2 Å². The number of halogens is 1. The maximum atomic E-state index is 13.7. The first kappa shape index (κ1) is 36.1. The predicted octanol–water partition coefficient (Wildman–Crippen LogP) is 5.12. The Labute approximate surface area is 265 Å². The van der Waals surface area contributed by atoms with Crippen LogP contribution in [-0.4, -0.2) is 80.6 Å². The van der Waals surface area contributed by atoms with Gasteiger partial charge in [-0.25, -0.2) is 18.2 Å². The van der Waals surface area contributed by atoms with E-state index in [-0.39, 0.29) is 17.9 Å². The fourth-order valence-corrected chi connectivity index (χ4v) is 5.30. The molecule has 1 aromatic rings. The van der Waals surface area contributed by atoms with Gasteiger partial charge in [0, 0.05) is 30.4 Å². The number of anilines is 1. The van der Waals surface area contributed by atoms with Crippen molar-refractivity contribution in [3.63, 3.8) is 0 Å². The molecule has 1 aromatic carbocycles. The van der Waals surface area contributed by atoms with Crippen LogP contribution in [0.4, 0.5) is 10.5 Å². The number of benzene rings is 1. The number of nitrogens with zero attached hydrogens (tertiary/aromatic N) is 4. The van der Waals surface area contributed by atoms with Crippen LogP contribution >= 0.6 is 11.6 Å². The zero-order valence-corrected chi connectivity index (χ0v) is 27.5. The number of ether oxygens (including phenoxy) is 1. The molecule has 3 atom stereocenters. The molecule has 0 radical (unpaired) electrons. The van der Waals surface area contributed by atoms with E-state index in [1.807, 2.05) is 25.7 Å². The number of aliphatic imine (C=N–C) groups is 1. The number of hydrogen-bond acceptors (Lipinski definition) is 7. The van der Waals surface area contributed by atoms with Gasteiger partial charge in [-0.3, -0.25) is 9.52 Å². The highest BCUT2D eigenvalue weighted by molar-refractivity contribution is 7.92. The number of carbonyl (C=O) groups excluding carboxylic acids is 2. The Kier molecular flexibility index (Phi) is 13.2. The average Bonchev–Trinajstić information content (AvgIpc) is 3.36. The van der Waals surface area contributed by atoms with Crippen LogP contribution in [0.3, 0.4) is 0 Å². The Balaban J connectivity index is 2.19. The number of nitrogens with one attached hydrogen (secondary N) is 2. The molecule has 44 heavy (non-hydrogen) atoms. The number of alkyl carbamates (subject to hydrolysis) is 1. The fourth-order valence-electron chi connectivity index (χ4n) is 4.55. The van der Waals surface area contributed by atoms with Gasteiger partial charge in [-0.05, 0) is 62.6 Å². The quantitative estimate of drug-likeness (QED) is 0.172. The lowest BCUT2D eigenvalue weighted by molar-refractivity contribution is 0.0720. The number of amides is 2. The third-order valence-corrected chi connectivity index (χ3v) is 7.72. The first-order valence-electron chi connectivity index (χ1n) is 14.0. The zero-order chi connectivity index (χ0) is 33.2. The molecule has 1 saturated heterocycles. The molecule has 0 aliphatic carbocycles. The standard InChI is InChI=1S/C31H41ClN6O5S/c1-9-13-38(30(39)27-15-26(32)11-12-28(27)36-44(8,41)42)23(6)21(4)14-22(5)34-24(7)37-17-25(16-33)29(18-37)35-31(40)43-19-20(3)10-2/h10-12,14-15,23,25,29,36H,2-4,9,13,17-19H2,1,5-8H3,(H,35,40)/b22-14+,34-24?/t23-,25?,29?/m0/s1. The van der Waals surface area contributed by atoms with Crippen molar-refractivity contribution >= 4 is 45.1 Å². The molecule has 1 fully saturated rings. The number of nitriles is 1. The van der Waals surface area contributed by atoms with E-state index in [2.05, 4.69) is 40.8 Å². The molecule has 2 rings (SSSR count). The molecule has 2 unspecified atom stereocenters. The fraction of sp³-hybridized carbons (Fsp3) is 0.419. The second-order valence-electron chi connectivity index (χ2n) is 10.6. The predicted molar refractivity (Wildman–Crippen MR) is 175 cm³/mol. The highest BCUT2D eigenvalue weighted by atomic mass is 35.5. The Morgan fingerprint density at radius 3 is 2.59 bits per heavy atom. The molecule has 1 aliphatic rings. The van der Waals surface area contributed by atoms with Crippen LogP contribution in [-0.2, 0) is 14.8 Å². The van der Waals surface area contributed by atoms with Gasteiger partial charge in [-0.15, -0.1) is 0 Å². The highest BCUT2D eigenvalue weighted by Gasteiger charge is 2.35. The first-order valence-corrected chi connectivity index (χ1v) is 16.3. The normalized spacial score (nSPS) is 17.7. The SMILES string of the molecule is C=CC(=C)COC(=O)NC1CN(C(C)=N/C(C)=C/C(=C)[C@H](C)N(CCC)C(=O)c2cc(Cl)ccc2NS(C)(=O)=O)CC1C#N. The van der Waals surface area contributed by atoms with Gasteiger partial charge in [-0.2, -0.15) is 5.26 Å². The summed E-state index contributed by atoms with van der Waals surface area (Å²) in [5, 5.41) is 12.7. The van der Waals surface area contributed by atoms with Gasteiger partial charge in [0.25, 0.3) is 5.91 Å². The molecule has 238 valence electrons. The summed E-state index contributed by atoms with van der Waals surface area (Å²) in [6.07, 6.45) is 4.30. The molecule has 11 nitrogen and oxygen atoms in total. The summed E-state index contributed by atoms with van der Waals surface area (Å²) in [6, 6.07) is 5.74. The van der Waals surface area contributed by atoms with E-state index in [4.69, 9.17) is 16.3 Å². The summed E-state index contributed by atoms with van der Waals surface area (Å²) in [5.41, 5.74) is 2.06. The third kappa shape index (κ3) is 10.6. The number of rotatable bonds is 13. The van der Waals surface area contributed by atoms with Crippen LogP contribution < -0.4 is 10.0 Å². The van der Waals surface area contributed by atoms with Crippen molar-refractivity contribution in [1.82, 2.24) is 15.1 Å².